The molecule has 0 aliphatic heterocycles. The Balaban J connectivity index is 2.50. The van der Waals surface area contributed by atoms with Crippen LogP contribution in [0, 0.1) is 0 Å². The summed E-state index contributed by atoms with van der Waals surface area (Å²) in [5.41, 5.74) is 0. The molecule has 0 aliphatic rings. The Morgan fingerprint density at radius 2 is 2.16 bits per heavy atom. The van der Waals surface area contributed by atoms with E-state index < -0.39 is 30.6 Å². The molecule has 0 radical (unpaired) electrons. The minimum Gasteiger partial charge on any atom is -0.394 e. The zero-order valence-electron chi connectivity index (χ0n) is 9.40. The third-order valence-electron chi connectivity index (χ3n) is 1.96. The standard InChI is InChI=1S/C9H10F3N3O3S/c10-9(11,12)8(18)15-5(4-16)7(17)14-3-6-13-1-2-19-6/h1-2,5,16H,3-4H2,(H,14,17)(H,15,18)/t5-/m1/s1. The van der Waals surface area contributed by atoms with Crippen LogP contribution in [0.2, 0.25) is 0 Å². The van der Waals surface area contributed by atoms with Gasteiger partial charge in [0.2, 0.25) is 5.91 Å². The first kappa shape index (κ1) is 15.4. The van der Waals surface area contributed by atoms with Crippen LogP contribution in [0.1, 0.15) is 5.01 Å². The Morgan fingerprint density at radius 1 is 1.47 bits per heavy atom. The predicted octanol–water partition coefficient (Wildman–Crippen LogP) is -0.201. The molecular weight excluding hydrogens is 287 g/mol. The SMILES string of the molecule is O=C(NCc1nccs1)[C@@H](CO)NC(=O)C(F)(F)F. The third-order valence-corrected chi connectivity index (χ3v) is 2.74. The maximum Gasteiger partial charge on any atom is 0.471 e. The highest BCUT2D eigenvalue weighted by Gasteiger charge is 2.40. The van der Waals surface area contributed by atoms with Gasteiger partial charge in [0.25, 0.3) is 0 Å². The van der Waals surface area contributed by atoms with Crippen molar-refractivity contribution in [2.75, 3.05) is 6.61 Å². The van der Waals surface area contributed by atoms with Crippen LogP contribution in [0.4, 0.5) is 13.2 Å². The smallest absolute Gasteiger partial charge is 0.394 e. The molecule has 2 amide bonds. The van der Waals surface area contributed by atoms with E-state index in [9.17, 15) is 22.8 Å². The Kier molecular flexibility index (Phi) is 5.24. The van der Waals surface area contributed by atoms with Crippen molar-refractivity contribution in [1.29, 1.82) is 0 Å². The number of nitrogens with one attached hydrogen (secondary N) is 2. The maximum atomic E-state index is 12.0. The fourth-order valence-corrected chi connectivity index (χ4v) is 1.62. The van der Waals surface area contributed by atoms with Crippen molar-refractivity contribution < 1.29 is 27.9 Å². The summed E-state index contributed by atoms with van der Waals surface area (Å²) in [7, 11) is 0. The monoisotopic (exact) mass is 297 g/mol. The molecule has 1 heterocycles. The first-order valence-corrected chi connectivity index (χ1v) is 5.87. The van der Waals surface area contributed by atoms with Crippen molar-refractivity contribution in [2.45, 2.75) is 18.8 Å². The van der Waals surface area contributed by atoms with Gasteiger partial charge in [0.1, 0.15) is 11.0 Å². The lowest BCUT2D eigenvalue weighted by Gasteiger charge is -2.16. The molecule has 1 atom stereocenters. The average molecular weight is 297 g/mol. The number of thiazole rings is 1. The second kappa shape index (κ2) is 6.48. The van der Waals surface area contributed by atoms with E-state index in [0.29, 0.717) is 5.01 Å². The largest absolute Gasteiger partial charge is 0.471 e. The van der Waals surface area contributed by atoms with Gasteiger partial charge >= 0.3 is 12.1 Å². The van der Waals surface area contributed by atoms with Crippen molar-refractivity contribution in [3.63, 3.8) is 0 Å². The normalized spacial score (nSPS) is 12.8. The fraction of sp³-hybridized carbons (Fsp3) is 0.444. The minimum atomic E-state index is -5.11. The Morgan fingerprint density at radius 3 is 2.63 bits per heavy atom. The number of aromatic nitrogens is 1. The van der Waals surface area contributed by atoms with E-state index in [1.807, 2.05) is 0 Å². The van der Waals surface area contributed by atoms with Gasteiger partial charge in [-0.1, -0.05) is 0 Å². The Labute approximate surface area is 109 Å². The summed E-state index contributed by atoms with van der Waals surface area (Å²) in [5.74, 6) is -3.20. The molecule has 1 rings (SSSR count). The lowest BCUT2D eigenvalue weighted by Crippen LogP contribution is -2.52. The van der Waals surface area contributed by atoms with E-state index in [1.165, 1.54) is 22.9 Å². The first-order valence-electron chi connectivity index (χ1n) is 4.99. The van der Waals surface area contributed by atoms with Gasteiger partial charge in [-0.15, -0.1) is 11.3 Å². The molecule has 0 aromatic carbocycles. The molecular formula is C9H10F3N3O3S. The molecule has 1 aromatic rings. The molecule has 3 N–H and O–H groups in total. The molecule has 0 saturated heterocycles. The van der Waals surface area contributed by atoms with Gasteiger partial charge in [-0.3, -0.25) is 9.59 Å². The number of aliphatic hydroxyl groups is 1. The van der Waals surface area contributed by atoms with Crippen molar-refractivity contribution >= 4 is 23.2 Å². The highest BCUT2D eigenvalue weighted by Crippen LogP contribution is 2.14. The van der Waals surface area contributed by atoms with Gasteiger partial charge in [0.05, 0.1) is 13.2 Å². The van der Waals surface area contributed by atoms with Gasteiger partial charge in [-0.05, 0) is 0 Å². The molecule has 0 unspecified atom stereocenters. The van der Waals surface area contributed by atoms with E-state index in [1.54, 1.807) is 5.38 Å². The number of rotatable bonds is 5. The van der Waals surface area contributed by atoms with Gasteiger partial charge in [-0.2, -0.15) is 13.2 Å². The Bertz CT molecular complexity index is 436. The van der Waals surface area contributed by atoms with Crippen LogP contribution >= 0.6 is 11.3 Å². The van der Waals surface area contributed by atoms with E-state index in [0.717, 1.165) is 0 Å². The quantitative estimate of drug-likeness (QED) is 0.702. The summed E-state index contributed by atoms with van der Waals surface area (Å²) in [6.07, 6.45) is -3.61. The predicted molar refractivity (Wildman–Crippen MR) is 59.0 cm³/mol. The molecule has 1 aromatic heterocycles. The molecule has 106 valence electrons. The molecule has 0 spiro atoms. The van der Waals surface area contributed by atoms with Crippen LogP contribution in [0.15, 0.2) is 11.6 Å². The lowest BCUT2D eigenvalue weighted by molar-refractivity contribution is -0.175. The molecule has 0 fully saturated rings. The van der Waals surface area contributed by atoms with Crippen LogP contribution in [-0.2, 0) is 16.1 Å². The summed E-state index contributed by atoms with van der Waals surface area (Å²) < 4.78 is 36.0. The second-order valence-electron chi connectivity index (χ2n) is 3.35. The van der Waals surface area contributed by atoms with Crippen LogP contribution in [0.5, 0.6) is 0 Å². The van der Waals surface area contributed by atoms with E-state index in [4.69, 9.17) is 5.11 Å². The van der Waals surface area contributed by atoms with Crippen molar-refractivity contribution in [3.05, 3.63) is 16.6 Å². The van der Waals surface area contributed by atoms with Gasteiger partial charge in [0.15, 0.2) is 0 Å². The molecule has 10 heteroatoms. The zero-order valence-corrected chi connectivity index (χ0v) is 10.2. The number of hydrogen-bond donors (Lipinski definition) is 3. The van der Waals surface area contributed by atoms with Crippen LogP contribution in [-0.4, -0.2) is 40.7 Å². The van der Waals surface area contributed by atoms with Gasteiger partial charge in [-0.25, -0.2) is 4.98 Å². The fourth-order valence-electron chi connectivity index (χ4n) is 1.06. The summed E-state index contributed by atoms with van der Waals surface area (Å²) in [6.45, 7) is -0.930. The number of carbonyl (C=O) groups excluding carboxylic acids is 2. The van der Waals surface area contributed by atoms with Crippen LogP contribution in [0.3, 0.4) is 0 Å². The van der Waals surface area contributed by atoms with E-state index in [-0.39, 0.29) is 6.54 Å². The van der Waals surface area contributed by atoms with Crippen LogP contribution < -0.4 is 10.6 Å². The van der Waals surface area contributed by atoms with Crippen molar-refractivity contribution in [2.24, 2.45) is 0 Å². The summed E-state index contributed by atoms with van der Waals surface area (Å²) >= 11 is 1.25. The highest BCUT2D eigenvalue weighted by atomic mass is 32.1. The van der Waals surface area contributed by atoms with Gasteiger partial charge < -0.3 is 15.7 Å². The lowest BCUT2D eigenvalue weighted by atomic mass is 10.3. The number of hydrogen-bond acceptors (Lipinski definition) is 5. The first-order chi connectivity index (χ1) is 8.84. The molecule has 6 nitrogen and oxygen atoms in total. The maximum absolute atomic E-state index is 12.0. The minimum absolute atomic E-state index is 0.00882. The number of alkyl halides is 3. The van der Waals surface area contributed by atoms with Crippen molar-refractivity contribution in [1.82, 2.24) is 15.6 Å². The average Bonchev–Trinajstić information content (AvgIpc) is 2.84. The second-order valence-corrected chi connectivity index (χ2v) is 4.33. The van der Waals surface area contributed by atoms with Crippen molar-refractivity contribution in [3.8, 4) is 0 Å². The van der Waals surface area contributed by atoms with E-state index in [2.05, 4.69) is 10.3 Å². The molecule has 19 heavy (non-hydrogen) atoms. The highest BCUT2D eigenvalue weighted by molar-refractivity contribution is 7.09. The summed E-state index contributed by atoms with van der Waals surface area (Å²) in [5, 5.41) is 14.7. The Hall–Kier alpha value is -1.68. The molecule has 0 bridgehead atoms. The summed E-state index contributed by atoms with van der Waals surface area (Å²) in [6, 6.07) is -1.66. The number of amides is 2. The number of halogens is 3. The molecule has 0 saturated carbocycles. The number of aliphatic hydroxyl groups excluding tert-OH is 1. The number of carbonyl (C=O) groups is 2. The third kappa shape index (κ3) is 4.83. The zero-order chi connectivity index (χ0) is 14.5. The molecule has 0 aliphatic carbocycles. The summed E-state index contributed by atoms with van der Waals surface area (Å²) in [4.78, 5) is 25.9. The number of nitrogens with zero attached hydrogens (tertiary/aromatic N) is 1. The van der Waals surface area contributed by atoms with E-state index >= 15 is 0 Å². The van der Waals surface area contributed by atoms with Crippen LogP contribution in [0.25, 0.3) is 0 Å². The van der Waals surface area contributed by atoms with Gasteiger partial charge in [0, 0.05) is 11.6 Å². The topological polar surface area (TPSA) is 91.3 Å².